The van der Waals surface area contributed by atoms with E-state index in [-0.39, 0.29) is 6.04 Å². The number of rotatable bonds is 4. The zero-order chi connectivity index (χ0) is 14.8. The van der Waals surface area contributed by atoms with Crippen molar-refractivity contribution >= 4 is 27.3 Å². The average Bonchev–Trinajstić information content (AvgIpc) is 2.92. The molecule has 2 N–H and O–H groups in total. The number of nitrogens with zero attached hydrogens (tertiary/aromatic N) is 1. The van der Waals surface area contributed by atoms with Crippen LogP contribution in [0.3, 0.4) is 0 Å². The van der Waals surface area contributed by atoms with E-state index in [9.17, 15) is 0 Å². The molecule has 0 amide bonds. The van der Waals surface area contributed by atoms with Crippen LogP contribution < -0.4 is 10.6 Å². The standard InChI is InChI=1S/C18H21BrN2/c1-2-16(20)11-14-7-8-15(19)12-18(14)21-10-9-13-5-3-4-6-17(13)21/h3-8,12,16H,2,9-11,20H2,1H3. The number of anilines is 2. The summed E-state index contributed by atoms with van der Waals surface area (Å²) in [6.07, 6.45) is 3.05. The lowest BCUT2D eigenvalue weighted by Gasteiger charge is -2.24. The quantitative estimate of drug-likeness (QED) is 0.889. The van der Waals surface area contributed by atoms with E-state index < -0.39 is 0 Å². The van der Waals surface area contributed by atoms with Crippen molar-refractivity contribution in [2.24, 2.45) is 5.73 Å². The maximum absolute atomic E-state index is 6.17. The van der Waals surface area contributed by atoms with Gasteiger partial charge in [-0.15, -0.1) is 0 Å². The van der Waals surface area contributed by atoms with Gasteiger partial charge in [-0.2, -0.15) is 0 Å². The van der Waals surface area contributed by atoms with Crippen molar-refractivity contribution in [2.75, 3.05) is 11.4 Å². The van der Waals surface area contributed by atoms with Gasteiger partial charge in [0.25, 0.3) is 0 Å². The summed E-state index contributed by atoms with van der Waals surface area (Å²) in [7, 11) is 0. The van der Waals surface area contributed by atoms with Crippen molar-refractivity contribution in [1.82, 2.24) is 0 Å². The molecule has 21 heavy (non-hydrogen) atoms. The first-order valence-corrected chi connectivity index (χ1v) is 8.37. The van der Waals surface area contributed by atoms with Crippen molar-refractivity contribution in [3.63, 3.8) is 0 Å². The van der Waals surface area contributed by atoms with Gasteiger partial charge in [0, 0.05) is 28.4 Å². The molecule has 0 spiro atoms. The zero-order valence-corrected chi connectivity index (χ0v) is 13.9. The molecule has 1 unspecified atom stereocenters. The fourth-order valence-electron chi connectivity index (χ4n) is 2.98. The van der Waals surface area contributed by atoms with Crippen LogP contribution in [0.5, 0.6) is 0 Å². The Morgan fingerprint density at radius 3 is 2.81 bits per heavy atom. The molecular formula is C18H21BrN2. The van der Waals surface area contributed by atoms with Gasteiger partial charge in [-0.05, 0) is 48.6 Å². The molecule has 3 heteroatoms. The summed E-state index contributed by atoms with van der Waals surface area (Å²) in [6, 6.07) is 15.4. The van der Waals surface area contributed by atoms with Crippen LogP contribution in [-0.2, 0) is 12.8 Å². The molecule has 0 aromatic heterocycles. The van der Waals surface area contributed by atoms with Crippen LogP contribution in [0.4, 0.5) is 11.4 Å². The molecule has 2 aromatic rings. The molecule has 3 rings (SSSR count). The molecule has 1 aliphatic rings. The lowest BCUT2D eigenvalue weighted by atomic mass is 10.0. The monoisotopic (exact) mass is 344 g/mol. The largest absolute Gasteiger partial charge is 0.341 e. The van der Waals surface area contributed by atoms with E-state index in [2.05, 4.69) is 70.2 Å². The maximum atomic E-state index is 6.17. The Hall–Kier alpha value is -1.32. The van der Waals surface area contributed by atoms with Crippen molar-refractivity contribution in [2.45, 2.75) is 32.2 Å². The second-order valence-corrected chi connectivity index (χ2v) is 6.59. The van der Waals surface area contributed by atoms with Gasteiger partial charge in [-0.3, -0.25) is 0 Å². The highest BCUT2D eigenvalue weighted by Gasteiger charge is 2.22. The molecule has 2 aromatic carbocycles. The Morgan fingerprint density at radius 2 is 2.00 bits per heavy atom. The van der Waals surface area contributed by atoms with E-state index >= 15 is 0 Å². The third-order valence-corrected chi connectivity index (χ3v) is 4.73. The molecule has 1 heterocycles. The summed E-state index contributed by atoms with van der Waals surface area (Å²) in [5.74, 6) is 0. The van der Waals surface area contributed by atoms with Crippen LogP contribution >= 0.6 is 15.9 Å². The minimum absolute atomic E-state index is 0.225. The number of fused-ring (bicyclic) bond motifs is 1. The molecule has 2 nitrogen and oxygen atoms in total. The Bertz CT molecular complexity index is 639. The summed E-state index contributed by atoms with van der Waals surface area (Å²) in [5, 5.41) is 0. The first kappa shape index (κ1) is 14.6. The zero-order valence-electron chi connectivity index (χ0n) is 12.3. The van der Waals surface area contributed by atoms with Gasteiger partial charge in [0.05, 0.1) is 0 Å². The third-order valence-electron chi connectivity index (χ3n) is 4.23. The highest BCUT2D eigenvalue weighted by atomic mass is 79.9. The second kappa shape index (κ2) is 6.20. The topological polar surface area (TPSA) is 29.3 Å². The number of hydrogen-bond donors (Lipinski definition) is 1. The van der Waals surface area contributed by atoms with E-state index in [1.807, 2.05) is 0 Å². The van der Waals surface area contributed by atoms with Gasteiger partial charge in [0.2, 0.25) is 0 Å². The van der Waals surface area contributed by atoms with E-state index in [0.29, 0.717) is 0 Å². The minimum atomic E-state index is 0.225. The molecule has 1 atom stereocenters. The summed E-state index contributed by atoms with van der Waals surface area (Å²) >= 11 is 3.61. The Morgan fingerprint density at radius 1 is 1.19 bits per heavy atom. The predicted octanol–water partition coefficient (Wildman–Crippen LogP) is 4.42. The van der Waals surface area contributed by atoms with Crippen LogP contribution in [0, 0.1) is 0 Å². The van der Waals surface area contributed by atoms with Crippen molar-refractivity contribution in [3.05, 3.63) is 58.1 Å². The average molecular weight is 345 g/mol. The highest BCUT2D eigenvalue weighted by Crippen LogP contribution is 2.37. The van der Waals surface area contributed by atoms with Gasteiger partial charge in [0.15, 0.2) is 0 Å². The van der Waals surface area contributed by atoms with E-state index in [4.69, 9.17) is 5.73 Å². The summed E-state index contributed by atoms with van der Waals surface area (Å²) in [6.45, 7) is 3.19. The number of nitrogens with two attached hydrogens (primary N) is 1. The lowest BCUT2D eigenvalue weighted by molar-refractivity contribution is 0.646. The summed E-state index contributed by atoms with van der Waals surface area (Å²) in [5.41, 5.74) is 11.6. The van der Waals surface area contributed by atoms with Crippen LogP contribution in [-0.4, -0.2) is 12.6 Å². The highest BCUT2D eigenvalue weighted by molar-refractivity contribution is 9.10. The fraction of sp³-hybridized carbons (Fsp3) is 0.333. The Balaban J connectivity index is 2.00. The minimum Gasteiger partial charge on any atom is -0.341 e. The lowest BCUT2D eigenvalue weighted by Crippen LogP contribution is -2.23. The molecule has 0 saturated carbocycles. The smallest absolute Gasteiger partial charge is 0.0455 e. The summed E-state index contributed by atoms with van der Waals surface area (Å²) in [4.78, 5) is 2.43. The number of benzene rings is 2. The number of halogens is 1. The molecule has 110 valence electrons. The van der Waals surface area contributed by atoms with E-state index in [0.717, 1.165) is 30.3 Å². The molecule has 1 aliphatic heterocycles. The van der Waals surface area contributed by atoms with Crippen molar-refractivity contribution < 1.29 is 0 Å². The van der Waals surface area contributed by atoms with Crippen LogP contribution in [0.15, 0.2) is 46.9 Å². The molecule has 0 fully saturated rings. The van der Waals surface area contributed by atoms with Crippen LogP contribution in [0.1, 0.15) is 24.5 Å². The van der Waals surface area contributed by atoms with E-state index in [1.54, 1.807) is 0 Å². The number of para-hydroxylation sites is 1. The Labute approximate surface area is 135 Å². The second-order valence-electron chi connectivity index (χ2n) is 5.68. The molecule has 0 bridgehead atoms. The molecular weight excluding hydrogens is 324 g/mol. The van der Waals surface area contributed by atoms with Crippen molar-refractivity contribution in [1.29, 1.82) is 0 Å². The molecule has 0 saturated heterocycles. The predicted molar refractivity (Wildman–Crippen MR) is 93.3 cm³/mol. The van der Waals surface area contributed by atoms with Gasteiger partial charge >= 0.3 is 0 Å². The van der Waals surface area contributed by atoms with Crippen molar-refractivity contribution in [3.8, 4) is 0 Å². The van der Waals surface area contributed by atoms with Gasteiger partial charge < -0.3 is 10.6 Å². The third kappa shape index (κ3) is 2.99. The molecule has 0 aliphatic carbocycles. The fourth-order valence-corrected chi connectivity index (χ4v) is 3.33. The van der Waals surface area contributed by atoms with Crippen LogP contribution in [0.2, 0.25) is 0 Å². The normalized spacial score (nSPS) is 15.1. The molecule has 0 radical (unpaired) electrons. The first-order valence-electron chi connectivity index (χ1n) is 7.58. The number of hydrogen-bond acceptors (Lipinski definition) is 2. The van der Waals surface area contributed by atoms with E-state index in [1.165, 1.54) is 22.5 Å². The van der Waals surface area contributed by atoms with Crippen LogP contribution in [0.25, 0.3) is 0 Å². The van der Waals surface area contributed by atoms with Gasteiger partial charge in [-0.1, -0.05) is 47.1 Å². The Kier molecular flexibility index (Phi) is 4.32. The SMILES string of the molecule is CCC(N)Cc1ccc(Br)cc1N1CCc2ccccc21. The van der Waals surface area contributed by atoms with Gasteiger partial charge in [-0.25, -0.2) is 0 Å². The summed E-state index contributed by atoms with van der Waals surface area (Å²) < 4.78 is 1.12. The maximum Gasteiger partial charge on any atom is 0.0455 e. The first-order chi connectivity index (χ1) is 10.2. The van der Waals surface area contributed by atoms with Gasteiger partial charge in [0.1, 0.15) is 0 Å².